The van der Waals surface area contributed by atoms with Gasteiger partial charge >= 0.3 is 0 Å². The van der Waals surface area contributed by atoms with Gasteiger partial charge in [-0.3, -0.25) is 4.98 Å². The maximum Gasteiger partial charge on any atom is 0.118 e. The average Bonchev–Trinajstić information content (AvgIpc) is 2.48. The van der Waals surface area contributed by atoms with Gasteiger partial charge in [-0.25, -0.2) is 0 Å². The molecule has 1 heterocycles. The molecule has 0 aliphatic heterocycles. The van der Waals surface area contributed by atoms with Crippen LogP contribution in [-0.4, -0.2) is 25.2 Å². The number of aromatic nitrogens is 1. The zero-order valence-electron chi connectivity index (χ0n) is 11.5. The van der Waals surface area contributed by atoms with Crippen LogP contribution in [0.1, 0.15) is 11.3 Å². The van der Waals surface area contributed by atoms with E-state index in [1.54, 1.807) is 7.11 Å². The third-order valence-electron chi connectivity index (χ3n) is 3.23. The highest BCUT2D eigenvalue weighted by molar-refractivity contribution is 5.27. The maximum atomic E-state index is 5.17. The number of likely N-dealkylation sites (N-methyl/N-ethyl adjacent to an activating group) is 1. The van der Waals surface area contributed by atoms with Gasteiger partial charge in [0.1, 0.15) is 5.75 Å². The minimum absolute atomic E-state index is 0.392. The van der Waals surface area contributed by atoms with Crippen LogP contribution >= 0.6 is 0 Å². The van der Waals surface area contributed by atoms with Crippen LogP contribution in [0, 0.1) is 0 Å². The van der Waals surface area contributed by atoms with Gasteiger partial charge in [-0.15, -0.1) is 0 Å². The Morgan fingerprint density at radius 2 is 1.89 bits per heavy atom. The zero-order chi connectivity index (χ0) is 13.5. The molecule has 0 amide bonds. The van der Waals surface area contributed by atoms with Crippen molar-refractivity contribution in [2.75, 3.05) is 14.2 Å². The number of benzene rings is 1. The Morgan fingerprint density at radius 1 is 1.11 bits per heavy atom. The van der Waals surface area contributed by atoms with E-state index >= 15 is 0 Å². The fourth-order valence-electron chi connectivity index (χ4n) is 2.09. The van der Waals surface area contributed by atoms with Crippen molar-refractivity contribution >= 4 is 0 Å². The number of pyridine rings is 1. The highest BCUT2D eigenvalue weighted by Gasteiger charge is 2.09. The molecule has 3 heteroatoms. The van der Waals surface area contributed by atoms with Gasteiger partial charge in [-0.2, -0.15) is 0 Å². The van der Waals surface area contributed by atoms with Gasteiger partial charge in [0.05, 0.1) is 7.11 Å². The number of nitrogens with zero attached hydrogens (tertiary/aromatic N) is 1. The molecule has 0 aliphatic carbocycles. The van der Waals surface area contributed by atoms with E-state index in [0.717, 1.165) is 24.3 Å². The molecule has 2 aromatic rings. The Balaban J connectivity index is 1.98. The fourth-order valence-corrected chi connectivity index (χ4v) is 2.09. The molecule has 2 rings (SSSR count). The first-order chi connectivity index (χ1) is 9.31. The smallest absolute Gasteiger partial charge is 0.118 e. The molecule has 19 heavy (non-hydrogen) atoms. The van der Waals surface area contributed by atoms with E-state index in [4.69, 9.17) is 4.74 Å². The number of rotatable bonds is 6. The van der Waals surface area contributed by atoms with Gasteiger partial charge in [0.2, 0.25) is 0 Å². The molecule has 0 bridgehead atoms. The van der Waals surface area contributed by atoms with Crippen molar-refractivity contribution in [3.05, 3.63) is 59.9 Å². The zero-order valence-corrected chi connectivity index (χ0v) is 11.5. The molecule has 3 nitrogen and oxygen atoms in total. The molecule has 100 valence electrons. The molecule has 0 saturated heterocycles. The Labute approximate surface area is 114 Å². The highest BCUT2D eigenvalue weighted by Crippen LogP contribution is 2.13. The van der Waals surface area contributed by atoms with E-state index in [9.17, 15) is 0 Å². The number of hydrogen-bond acceptors (Lipinski definition) is 3. The van der Waals surface area contributed by atoms with Crippen LogP contribution in [0.3, 0.4) is 0 Å². The lowest BCUT2D eigenvalue weighted by Gasteiger charge is -2.16. The summed E-state index contributed by atoms with van der Waals surface area (Å²) >= 11 is 0. The van der Waals surface area contributed by atoms with Gasteiger partial charge in [0.25, 0.3) is 0 Å². The molecule has 1 unspecified atom stereocenters. The average molecular weight is 256 g/mol. The Kier molecular flexibility index (Phi) is 4.93. The van der Waals surface area contributed by atoms with Crippen molar-refractivity contribution in [2.45, 2.75) is 18.9 Å². The van der Waals surface area contributed by atoms with Crippen LogP contribution in [0.25, 0.3) is 0 Å². The first-order valence-electron chi connectivity index (χ1n) is 6.52. The highest BCUT2D eigenvalue weighted by atomic mass is 16.5. The van der Waals surface area contributed by atoms with Crippen molar-refractivity contribution in [1.29, 1.82) is 0 Å². The molecule has 1 aromatic carbocycles. The van der Waals surface area contributed by atoms with Gasteiger partial charge in [0, 0.05) is 24.4 Å². The Bertz CT molecular complexity index is 482. The van der Waals surface area contributed by atoms with Crippen LogP contribution < -0.4 is 10.1 Å². The third-order valence-corrected chi connectivity index (χ3v) is 3.23. The second-order valence-electron chi connectivity index (χ2n) is 4.56. The summed E-state index contributed by atoms with van der Waals surface area (Å²) in [6.07, 6.45) is 3.76. The largest absolute Gasteiger partial charge is 0.497 e. The molecule has 1 atom stereocenters. The minimum atomic E-state index is 0.392. The lowest BCUT2D eigenvalue weighted by molar-refractivity contribution is 0.414. The number of nitrogens with one attached hydrogen (secondary N) is 1. The SMILES string of the molecule is CNC(Cc1ccc(OC)cc1)Cc1ccccn1. The van der Waals surface area contributed by atoms with Crippen molar-refractivity contribution in [3.8, 4) is 5.75 Å². The summed E-state index contributed by atoms with van der Waals surface area (Å²) in [6, 6.07) is 14.7. The van der Waals surface area contributed by atoms with Crippen LogP contribution in [-0.2, 0) is 12.8 Å². The molecule has 0 saturated carbocycles. The standard InChI is InChI=1S/C16H20N2O/c1-17-15(12-14-5-3-4-10-18-14)11-13-6-8-16(19-2)9-7-13/h3-10,15,17H,11-12H2,1-2H3. The molecule has 1 N–H and O–H groups in total. The molecule has 0 fully saturated rings. The second kappa shape index (κ2) is 6.90. The Morgan fingerprint density at radius 3 is 2.47 bits per heavy atom. The summed E-state index contributed by atoms with van der Waals surface area (Å²) in [6.45, 7) is 0. The summed E-state index contributed by atoms with van der Waals surface area (Å²) in [7, 11) is 3.68. The van der Waals surface area contributed by atoms with Gasteiger partial charge in [-0.1, -0.05) is 18.2 Å². The van der Waals surface area contributed by atoms with Crippen LogP contribution in [0.4, 0.5) is 0 Å². The van der Waals surface area contributed by atoms with Crippen molar-refractivity contribution in [2.24, 2.45) is 0 Å². The summed E-state index contributed by atoms with van der Waals surface area (Å²) < 4.78 is 5.17. The molecule has 0 aliphatic rings. The van der Waals surface area contributed by atoms with Crippen molar-refractivity contribution < 1.29 is 4.74 Å². The van der Waals surface area contributed by atoms with Crippen LogP contribution in [0.5, 0.6) is 5.75 Å². The number of hydrogen-bond donors (Lipinski definition) is 1. The predicted molar refractivity (Wildman–Crippen MR) is 77.5 cm³/mol. The Hall–Kier alpha value is -1.87. The molecular weight excluding hydrogens is 236 g/mol. The first kappa shape index (κ1) is 13.6. The summed E-state index contributed by atoms with van der Waals surface area (Å²) in [5, 5.41) is 3.36. The van der Waals surface area contributed by atoms with E-state index in [1.807, 2.05) is 37.5 Å². The minimum Gasteiger partial charge on any atom is -0.497 e. The third kappa shape index (κ3) is 4.07. The number of ether oxygens (including phenoxy) is 1. The second-order valence-corrected chi connectivity index (χ2v) is 4.56. The lowest BCUT2D eigenvalue weighted by Crippen LogP contribution is -2.30. The first-order valence-corrected chi connectivity index (χ1v) is 6.52. The molecule has 1 aromatic heterocycles. The fraction of sp³-hybridized carbons (Fsp3) is 0.312. The lowest BCUT2D eigenvalue weighted by atomic mass is 10.0. The predicted octanol–water partition coefficient (Wildman–Crippen LogP) is 2.46. The summed E-state index contributed by atoms with van der Waals surface area (Å²) in [4.78, 5) is 4.38. The van der Waals surface area contributed by atoms with E-state index in [0.29, 0.717) is 6.04 Å². The molecule has 0 radical (unpaired) electrons. The van der Waals surface area contributed by atoms with E-state index in [2.05, 4.69) is 28.5 Å². The monoisotopic (exact) mass is 256 g/mol. The van der Waals surface area contributed by atoms with Gasteiger partial charge in [-0.05, 0) is 43.3 Å². The normalized spacial score (nSPS) is 12.1. The van der Waals surface area contributed by atoms with Crippen LogP contribution in [0.2, 0.25) is 0 Å². The number of methoxy groups -OCH3 is 1. The molecule has 0 spiro atoms. The van der Waals surface area contributed by atoms with Crippen molar-refractivity contribution in [3.63, 3.8) is 0 Å². The van der Waals surface area contributed by atoms with Gasteiger partial charge < -0.3 is 10.1 Å². The van der Waals surface area contributed by atoms with Crippen molar-refractivity contribution in [1.82, 2.24) is 10.3 Å². The maximum absolute atomic E-state index is 5.17. The van der Waals surface area contributed by atoms with E-state index in [1.165, 1.54) is 5.56 Å². The topological polar surface area (TPSA) is 34.1 Å². The molecular formula is C16H20N2O. The summed E-state index contributed by atoms with van der Waals surface area (Å²) in [5.74, 6) is 0.898. The van der Waals surface area contributed by atoms with Gasteiger partial charge in [0.15, 0.2) is 0 Å². The van der Waals surface area contributed by atoms with Crippen LogP contribution in [0.15, 0.2) is 48.7 Å². The van der Waals surface area contributed by atoms with E-state index in [-0.39, 0.29) is 0 Å². The summed E-state index contributed by atoms with van der Waals surface area (Å²) in [5.41, 5.74) is 2.42. The van der Waals surface area contributed by atoms with E-state index < -0.39 is 0 Å². The quantitative estimate of drug-likeness (QED) is 0.862.